The van der Waals surface area contributed by atoms with Gasteiger partial charge < -0.3 is 5.32 Å². The fraction of sp³-hybridized carbons (Fsp3) is 0.0909. The number of nitriles is 1. The Morgan fingerprint density at radius 2 is 2.10 bits per heavy atom. The molecule has 0 aliphatic heterocycles. The number of hydrogen-bond acceptors (Lipinski definition) is 7. The molecule has 0 bridgehead atoms. The third kappa shape index (κ3) is 4.32. The van der Waals surface area contributed by atoms with E-state index in [1.165, 1.54) is 39.0 Å². The highest BCUT2D eigenvalue weighted by molar-refractivity contribution is 7.99. The second kappa shape index (κ2) is 9.31. The number of thiophene rings is 2. The van der Waals surface area contributed by atoms with Gasteiger partial charge in [-0.05, 0) is 17.0 Å². The number of amides is 1. The van der Waals surface area contributed by atoms with Crippen LogP contribution in [0.3, 0.4) is 0 Å². The average molecular weight is 465 g/mol. The number of aromatic nitrogens is 2. The third-order valence-electron chi connectivity index (χ3n) is 4.43. The van der Waals surface area contributed by atoms with Crippen molar-refractivity contribution in [3.63, 3.8) is 0 Å². The lowest BCUT2D eigenvalue weighted by Gasteiger charge is -2.11. The molecule has 6 nitrogen and oxygen atoms in total. The molecule has 0 fully saturated rings. The minimum atomic E-state index is -0.264. The van der Waals surface area contributed by atoms with E-state index >= 15 is 0 Å². The summed E-state index contributed by atoms with van der Waals surface area (Å²) in [6.07, 6.45) is 1.64. The summed E-state index contributed by atoms with van der Waals surface area (Å²) in [6.45, 7) is 4.04. The molecule has 1 aromatic carbocycles. The van der Waals surface area contributed by atoms with Crippen molar-refractivity contribution in [1.29, 1.82) is 5.26 Å². The van der Waals surface area contributed by atoms with E-state index in [0.29, 0.717) is 32.5 Å². The van der Waals surface area contributed by atoms with Crippen LogP contribution in [0.15, 0.2) is 69.8 Å². The number of anilines is 1. The van der Waals surface area contributed by atoms with Crippen LogP contribution in [0.5, 0.6) is 0 Å². The fourth-order valence-electron chi connectivity index (χ4n) is 3.02. The smallest absolute Gasteiger partial charge is 0.263 e. The summed E-state index contributed by atoms with van der Waals surface area (Å²) in [5.74, 6) is -0.200. The maximum atomic E-state index is 13.3. The number of rotatable bonds is 7. The number of nitrogens with one attached hydrogen (secondary N) is 1. The summed E-state index contributed by atoms with van der Waals surface area (Å²) in [4.78, 5) is 31.0. The van der Waals surface area contributed by atoms with E-state index < -0.39 is 0 Å². The number of hydrogen-bond donors (Lipinski definition) is 1. The van der Waals surface area contributed by atoms with Gasteiger partial charge in [0, 0.05) is 17.5 Å². The Morgan fingerprint density at radius 3 is 2.84 bits per heavy atom. The molecular weight excluding hydrogens is 448 g/mol. The Kier molecular flexibility index (Phi) is 6.32. The molecule has 3 heterocycles. The van der Waals surface area contributed by atoms with Gasteiger partial charge in [0.2, 0.25) is 5.91 Å². The monoisotopic (exact) mass is 464 g/mol. The lowest BCUT2D eigenvalue weighted by atomic mass is 10.1. The fourth-order valence-corrected chi connectivity index (χ4v) is 5.57. The maximum Gasteiger partial charge on any atom is 0.263 e. The van der Waals surface area contributed by atoms with E-state index in [-0.39, 0.29) is 17.2 Å². The summed E-state index contributed by atoms with van der Waals surface area (Å²) in [6, 6.07) is 13.4. The number of benzene rings is 1. The molecular formula is C22H16N4O2S3. The molecule has 0 atom stereocenters. The Bertz CT molecular complexity index is 1360. The van der Waals surface area contributed by atoms with Gasteiger partial charge in [-0.2, -0.15) is 5.26 Å². The number of carbonyl (C=O) groups is 1. The molecule has 0 aliphatic carbocycles. The molecule has 1 amide bonds. The van der Waals surface area contributed by atoms with Crippen LogP contribution in [-0.2, 0) is 11.3 Å². The minimum Gasteiger partial charge on any atom is -0.316 e. The van der Waals surface area contributed by atoms with Crippen LogP contribution < -0.4 is 10.9 Å². The second-order valence-electron chi connectivity index (χ2n) is 6.41. The lowest BCUT2D eigenvalue weighted by Crippen LogP contribution is -2.23. The first-order valence-electron chi connectivity index (χ1n) is 9.21. The first-order valence-corrected chi connectivity index (χ1v) is 12.0. The highest BCUT2D eigenvalue weighted by atomic mass is 32.2. The molecule has 0 spiro atoms. The highest BCUT2D eigenvalue weighted by Gasteiger charge is 2.18. The molecule has 0 saturated heterocycles. The predicted octanol–water partition coefficient (Wildman–Crippen LogP) is 4.97. The van der Waals surface area contributed by atoms with Crippen molar-refractivity contribution in [2.45, 2.75) is 11.7 Å². The van der Waals surface area contributed by atoms with Gasteiger partial charge in [-0.25, -0.2) is 4.98 Å². The topological polar surface area (TPSA) is 87.8 Å². The van der Waals surface area contributed by atoms with E-state index in [1.807, 2.05) is 41.8 Å². The average Bonchev–Trinajstić information content (AvgIpc) is 3.42. The van der Waals surface area contributed by atoms with E-state index in [1.54, 1.807) is 17.5 Å². The van der Waals surface area contributed by atoms with Crippen LogP contribution in [-0.4, -0.2) is 21.2 Å². The van der Waals surface area contributed by atoms with E-state index in [4.69, 9.17) is 5.26 Å². The van der Waals surface area contributed by atoms with Gasteiger partial charge in [0.1, 0.15) is 15.9 Å². The third-order valence-corrected chi connectivity index (χ3v) is 7.10. The van der Waals surface area contributed by atoms with Crippen molar-refractivity contribution in [1.82, 2.24) is 9.55 Å². The summed E-state index contributed by atoms with van der Waals surface area (Å²) in [5, 5.41) is 17.1. The summed E-state index contributed by atoms with van der Waals surface area (Å²) in [7, 11) is 0. The second-order valence-corrected chi connectivity index (χ2v) is 9.12. The van der Waals surface area contributed by atoms with Gasteiger partial charge in [-0.3, -0.25) is 14.2 Å². The van der Waals surface area contributed by atoms with Crippen LogP contribution in [0.4, 0.5) is 5.00 Å². The number of nitrogens with zero attached hydrogens (tertiary/aromatic N) is 3. The van der Waals surface area contributed by atoms with Gasteiger partial charge in [0.25, 0.3) is 5.56 Å². The van der Waals surface area contributed by atoms with Crippen LogP contribution in [0.2, 0.25) is 0 Å². The van der Waals surface area contributed by atoms with Crippen LogP contribution in [0.25, 0.3) is 21.3 Å². The van der Waals surface area contributed by atoms with Crippen LogP contribution in [0, 0.1) is 11.3 Å². The Labute approximate surface area is 190 Å². The van der Waals surface area contributed by atoms with Gasteiger partial charge >= 0.3 is 0 Å². The summed E-state index contributed by atoms with van der Waals surface area (Å²) < 4.78 is 1.54. The number of thioether (sulfide) groups is 1. The van der Waals surface area contributed by atoms with Crippen molar-refractivity contribution >= 4 is 55.6 Å². The Hall–Kier alpha value is -3.19. The van der Waals surface area contributed by atoms with E-state index in [2.05, 4.69) is 16.9 Å². The SMILES string of the molecule is C=CCn1c(SCC(=O)Nc2sccc2C#N)nc2scc(-c3ccccc3)c2c1=O. The number of fused-ring (bicyclic) bond motifs is 1. The van der Waals surface area contributed by atoms with Gasteiger partial charge in [-0.1, -0.05) is 48.2 Å². The van der Waals surface area contributed by atoms with E-state index in [9.17, 15) is 9.59 Å². The van der Waals surface area contributed by atoms with Crippen molar-refractivity contribution < 1.29 is 4.79 Å². The zero-order valence-corrected chi connectivity index (χ0v) is 18.6. The van der Waals surface area contributed by atoms with Crippen molar-refractivity contribution in [2.24, 2.45) is 0 Å². The molecule has 0 unspecified atom stereocenters. The molecule has 0 radical (unpaired) electrons. The molecule has 0 saturated carbocycles. The Balaban J connectivity index is 1.64. The lowest BCUT2D eigenvalue weighted by molar-refractivity contribution is -0.113. The first-order chi connectivity index (χ1) is 15.1. The minimum absolute atomic E-state index is 0.0643. The van der Waals surface area contributed by atoms with Crippen molar-refractivity contribution in [2.75, 3.05) is 11.1 Å². The standard InChI is InChI=1S/C22H16N4O2S3/c1-2-9-26-21(28)18-16(14-6-4-3-5-7-14)12-30-20(18)25-22(26)31-13-17(27)24-19-15(11-23)8-10-29-19/h2-8,10,12H,1,9,13H2,(H,24,27). The largest absolute Gasteiger partial charge is 0.316 e. The van der Waals surface area contributed by atoms with Crippen LogP contribution >= 0.6 is 34.4 Å². The van der Waals surface area contributed by atoms with Crippen molar-refractivity contribution in [3.8, 4) is 17.2 Å². The summed E-state index contributed by atoms with van der Waals surface area (Å²) in [5.41, 5.74) is 2.09. The molecule has 1 N–H and O–H groups in total. The quantitative estimate of drug-likeness (QED) is 0.237. The molecule has 4 aromatic rings. The molecule has 3 aromatic heterocycles. The molecule has 9 heteroatoms. The van der Waals surface area contributed by atoms with Gasteiger partial charge in [0.05, 0.1) is 16.7 Å². The van der Waals surface area contributed by atoms with Gasteiger partial charge in [-0.15, -0.1) is 29.3 Å². The summed E-state index contributed by atoms with van der Waals surface area (Å²) >= 11 is 3.89. The van der Waals surface area contributed by atoms with Gasteiger partial charge in [0.15, 0.2) is 5.16 Å². The highest BCUT2D eigenvalue weighted by Crippen LogP contribution is 2.32. The molecule has 154 valence electrons. The van der Waals surface area contributed by atoms with Crippen molar-refractivity contribution in [3.05, 3.63) is 75.7 Å². The van der Waals surface area contributed by atoms with E-state index in [0.717, 1.165) is 11.1 Å². The number of carbonyl (C=O) groups excluding carboxylic acids is 1. The first kappa shape index (κ1) is 21.1. The zero-order chi connectivity index (χ0) is 21.8. The van der Waals surface area contributed by atoms with Crippen LogP contribution in [0.1, 0.15) is 5.56 Å². The molecule has 4 rings (SSSR count). The normalized spacial score (nSPS) is 10.7. The zero-order valence-electron chi connectivity index (χ0n) is 16.2. The predicted molar refractivity (Wildman–Crippen MR) is 128 cm³/mol. The number of allylic oxidation sites excluding steroid dienone is 1. The Morgan fingerprint density at radius 1 is 1.29 bits per heavy atom. The molecule has 0 aliphatic rings. The maximum absolute atomic E-state index is 13.3. The molecule has 31 heavy (non-hydrogen) atoms.